The summed E-state index contributed by atoms with van der Waals surface area (Å²) in [6, 6.07) is 9.76. The van der Waals surface area contributed by atoms with Gasteiger partial charge >= 0.3 is 0 Å². The molecule has 4 N–H and O–H groups in total. The summed E-state index contributed by atoms with van der Waals surface area (Å²) in [6.07, 6.45) is 0.226. The van der Waals surface area contributed by atoms with E-state index in [1.807, 2.05) is 11.8 Å². The molecule has 0 bridgehead atoms. The van der Waals surface area contributed by atoms with Gasteiger partial charge in [0.2, 0.25) is 5.91 Å². The fraction of sp³-hybridized carbons (Fsp3) is 0.364. The van der Waals surface area contributed by atoms with Crippen molar-refractivity contribution in [3.8, 4) is 12.1 Å². The van der Waals surface area contributed by atoms with Gasteiger partial charge in [-0.3, -0.25) is 4.79 Å². The molecule has 8 nitrogen and oxygen atoms in total. The monoisotopic (exact) mass is 454 g/mol. The molecule has 166 valence electrons. The average Bonchev–Trinajstić information content (AvgIpc) is 2.81. The van der Waals surface area contributed by atoms with Crippen molar-refractivity contribution in [2.75, 3.05) is 31.1 Å². The summed E-state index contributed by atoms with van der Waals surface area (Å²) in [6.45, 7) is 3.56. The van der Waals surface area contributed by atoms with Gasteiger partial charge in [-0.2, -0.15) is 10.5 Å². The number of anilines is 1. The highest BCUT2D eigenvalue weighted by atomic mass is 32.2. The van der Waals surface area contributed by atoms with Crippen LogP contribution in [-0.2, 0) is 16.0 Å². The zero-order valence-electron chi connectivity index (χ0n) is 17.5. The number of carbonyl (C=O) groups is 1. The van der Waals surface area contributed by atoms with Gasteiger partial charge in [-0.15, -0.1) is 0 Å². The second-order valence-electron chi connectivity index (χ2n) is 7.17. The van der Waals surface area contributed by atoms with Crippen molar-refractivity contribution < 1.29 is 13.9 Å². The Morgan fingerprint density at radius 2 is 2.03 bits per heavy atom. The molecule has 0 saturated carbocycles. The third-order valence-electron chi connectivity index (χ3n) is 5.19. The summed E-state index contributed by atoms with van der Waals surface area (Å²) in [5.41, 5.74) is 13.0. The fourth-order valence-corrected chi connectivity index (χ4v) is 4.65. The van der Waals surface area contributed by atoms with E-state index >= 15 is 0 Å². The van der Waals surface area contributed by atoms with Crippen molar-refractivity contribution in [3.63, 3.8) is 0 Å². The lowest BCUT2D eigenvalue weighted by atomic mass is 10.0. The van der Waals surface area contributed by atoms with E-state index in [9.17, 15) is 19.7 Å². The van der Waals surface area contributed by atoms with E-state index in [0.717, 1.165) is 11.8 Å². The highest BCUT2D eigenvalue weighted by Gasteiger charge is 2.29. The van der Waals surface area contributed by atoms with Crippen LogP contribution in [0, 0.1) is 28.5 Å². The standard InChI is InChI=1S/C22H23FN6O2S/c1-2-16-17(10-25)21(29-7-8-31-15(9-24)12-29)28-22(18(16)11-26)32-19(20(27)30)13-3-5-14(23)6-4-13/h3-6,15,19H,2,7-9,12,24H2,1H3,(H2,27,30)/t15-,19?/m1/s1. The zero-order chi connectivity index (χ0) is 23.3. The normalized spacial score (nSPS) is 16.8. The third-order valence-corrected chi connectivity index (χ3v) is 6.45. The van der Waals surface area contributed by atoms with Crippen LogP contribution in [0.15, 0.2) is 29.3 Å². The molecule has 1 aromatic carbocycles. The molecule has 2 aromatic rings. The first-order valence-corrected chi connectivity index (χ1v) is 11.0. The van der Waals surface area contributed by atoms with Crippen LogP contribution in [-0.4, -0.2) is 43.2 Å². The summed E-state index contributed by atoms with van der Waals surface area (Å²) >= 11 is 1.02. The second kappa shape index (κ2) is 10.4. The largest absolute Gasteiger partial charge is 0.373 e. The molecule has 1 aromatic heterocycles. The number of aromatic nitrogens is 1. The molecule has 32 heavy (non-hydrogen) atoms. The second-order valence-corrected chi connectivity index (χ2v) is 8.27. The maximum Gasteiger partial charge on any atom is 0.235 e. The Morgan fingerprint density at radius 1 is 1.34 bits per heavy atom. The summed E-state index contributed by atoms with van der Waals surface area (Å²) in [4.78, 5) is 18.8. The maximum absolute atomic E-state index is 13.4. The van der Waals surface area contributed by atoms with Crippen LogP contribution in [0.4, 0.5) is 10.2 Å². The first kappa shape index (κ1) is 23.5. The molecule has 10 heteroatoms. The smallest absolute Gasteiger partial charge is 0.235 e. The minimum atomic E-state index is -0.887. The number of hydrogen-bond donors (Lipinski definition) is 2. The number of ether oxygens (including phenoxy) is 1. The van der Waals surface area contributed by atoms with E-state index in [1.165, 1.54) is 24.3 Å². The van der Waals surface area contributed by atoms with Crippen LogP contribution in [0.3, 0.4) is 0 Å². The molecule has 2 heterocycles. The van der Waals surface area contributed by atoms with Crippen LogP contribution in [0.2, 0.25) is 0 Å². The molecule has 0 aliphatic carbocycles. The molecule has 1 saturated heterocycles. The molecule has 1 unspecified atom stereocenters. The van der Waals surface area contributed by atoms with Crippen LogP contribution < -0.4 is 16.4 Å². The lowest BCUT2D eigenvalue weighted by Crippen LogP contribution is -2.46. The quantitative estimate of drug-likeness (QED) is 0.605. The number of rotatable bonds is 7. The average molecular weight is 455 g/mol. The number of primary amides is 1. The Hall–Kier alpha value is -3.18. The van der Waals surface area contributed by atoms with E-state index in [-0.39, 0.29) is 11.7 Å². The van der Waals surface area contributed by atoms with E-state index in [1.54, 1.807) is 0 Å². The molecule has 1 fully saturated rings. The number of pyridine rings is 1. The number of nitrogens with two attached hydrogens (primary N) is 2. The maximum atomic E-state index is 13.4. The highest BCUT2D eigenvalue weighted by molar-refractivity contribution is 8.00. The van der Waals surface area contributed by atoms with Gasteiger partial charge in [0.1, 0.15) is 34.0 Å². The predicted octanol–water partition coefficient (Wildman–Crippen LogP) is 2.01. The number of nitrogens with zero attached hydrogens (tertiary/aromatic N) is 4. The minimum absolute atomic E-state index is 0.202. The van der Waals surface area contributed by atoms with Gasteiger partial charge in [0.25, 0.3) is 0 Å². The predicted molar refractivity (Wildman–Crippen MR) is 118 cm³/mol. The molecule has 0 spiro atoms. The van der Waals surface area contributed by atoms with Crippen LogP contribution in [0.25, 0.3) is 0 Å². The fourth-order valence-electron chi connectivity index (χ4n) is 3.59. The molecular formula is C22H23FN6O2S. The van der Waals surface area contributed by atoms with Crippen LogP contribution >= 0.6 is 11.8 Å². The third kappa shape index (κ3) is 4.83. The Balaban J connectivity index is 2.12. The molecule has 2 atom stereocenters. The minimum Gasteiger partial charge on any atom is -0.373 e. The zero-order valence-corrected chi connectivity index (χ0v) is 18.4. The molecule has 1 aliphatic heterocycles. The van der Waals surface area contributed by atoms with Crippen molar-refractivity contribution in [2.24, 2.45) is 11.5 Å². The van der Waals surface area contributed by atoms with E-state index in [2.05, 4.69) is 17.1 Å². The Bertz CT molecular complexity index is 1080. The Kier molecular flexibility index (Phi) is 7.65. The highest BCUT2D eigenvalue weighted by Crippen LogP contribution is 2.39. The van der Waals surface area contributed by atoms with Crippen molar-refractivity contribution in [1.82, 2.24) is 4.98 Å². The number of nitriles is 2. The van der Waals surface area contributed by atoms with Gasteiger partial charge in [0.05, 0.1) is 23.8 Å². The van der Waals surface area contributed by atoms with Crippen molar-refractivity contribution in [2.45, 2.75) is 29.7 Å². The van der Waals surface area contributed by atoms with Gasteiger partial charge in [-0.25, -0.2) is 9.37 Å². The summed E-state index contributed by atoms with van der Waals surface area (Å²) in [5, 5.41) is 19.1. The first-order chi connectivity index (χ1) is 15.4. The Labute approximate surface area is 190 Å². The number of benzene rings is 1. The number of halogens is 1. The lowest BCUT2D eigenvalue weighted by Gasteiger charge is -2.34. The van der Waals surface area contributed by atoms with Gasteiger partial charge in [0.15, 0.2) is 0 Å². The van der Waals surface area contributed by atoms with E-state index < -0.39 is 17.0 Å². The van der Waals surface area contributed by atoms with Gasteiger partial charge in [-0.1, -0.05) is 30.8 Å². The molecule has 3 rings (SSSR count). The number of amides is 1. The number of thioether (sulfide) groups is 1. The van der Waals surface area contributed by atoms with Crippen molar-refractivity contribution in [3.05, 3.63) is 52.3 Å². The molecular weight excluding hydrogens is 431 g/mol. The summed E-state index contributed by atoms with van der Waals surface area (Å²) in [7, 11) is 0. The molecule has 1 aliphatic rings. The molecule has 0 radical (unpaired) electrons. The molecule has 1 amide bonds. The van der Waals surface area contributed by atoms with Gasteiger partial charge in [0, 0.05) is 19.6 Å². The number of carbonyl (C=O) groups excluding carboxylic acids is 1. The van der Waals surface area contributed by atoms with Crippen molar-refractivity contribution in [1.29, 1.82) is 10.5 Å². The lowest BCUT2D eigenvalue weighted by molar-refractivity contribution is -0.117. The summed E-state index contributed by atoms with van der Waals surface area (Å²) in [5.74, 6) is -0.658. The van der Waals surface area contributed by atoms with Crippen LogP contribution in [0.5, 0.6) is 0 Å². The number of hydrogen-bond acceptors (Lipinski definition) is 8. The van der Waals surface area contributed by atoms with E-state index in [4.69, 9.17) is 16.2 Å². The topological polar surface area (TPSA) is 142 Å². The van der Waals surface area contributed by atoms with E-state index in [0.29, 0.717) is 60.2 Å². The van der Waals surface area contributed by atoms with Crippen LogP contribution in [0.1, 0.15) is 34.4 Å². The van der Waals surface area contributed by atoms with Gasteiger partial charge in [-0.05, 0) is 29.7 Å². The van der Waals surface area contributed by atoms with Gasteiger partial charge < -0.3 is 21.1 Å². The Morgan fingerprint density at radius 3 is 2.59 bits per heavy atom. The summed E-state index contributed by atoms with van der Waals surface area (Å²) < 4.78 is 19.0. The number of morpholine rings is 1. The first-order valence-electron chi connectivity index (χ1n) is 10.1. The SMILES string of the molecule is CCc1c(C#N)c(SC(C(N)=O)c2ccc(F)cc2)nc(N2CCO[C@H](CN)C2)c1C#N. The van der Waals surface area contributed by atoms with Crippen molar-refractivity contribution >= 4 is 23.5 Å².